The molecule has 0 saturated carbocycles. The van der Waals surface area contributed by atoms with Crippen molar-refractivity contribution in [3.63, 3.8) is 0 Å². The molecule has 0 aliphatic carbocycles. The molecule has 190 valence electrons. The first-order chi connectivity index (χ1) is 16.9. The lowest BCUT2D eigenvalue weighted by Gasteiger charge is -2.43. The highest BCUT2D eigenvalue weighted by atomic mass is 16.5. The van der Waals surface area contributed by atoms with Crippen LogP contribution in [0.25, 0.3) is 0 Å². The Morgan fingerprint density at radius 2 is 1.89 bits per heavy atom. The Bertz CT molecular complexity index is 986. The number of amides is 2. The molecule has 35 heavy (non-hydrogen) atoms. The molecule has 1 saturated heterocycles. The maximum Gasteiger partial charge on any atom is 0.322 e. The summed E-state index contributed by atoms with van der Waals surface area (Å²) in [6, 6.07) is 13.8. The smallest absolute Gasteiger partial charge is 0.322 e. The van der Waals surface area contributed by atoms with Crippen LogP contribution in [0.5, 0.6) is 11.5 Å². The van der Waals surface area contributed by atoms with Crippen molar-refractivity contribution in [2.45, 2.75) is 52.2 Å². The number of anilines is 1. The van der Waals surface area contributed by atoms with Crippen molar-refractivity contribution in [2.24, 2.45) is 0 Å². The number of aryl methyl sites for hydroxylation is 1. The minimum absolute atomic E-state index is 0.0991. The molecule has 2 heterocycles. The number of hydrogen-bond acceptors (Lipinski definition) is 5. The fraction of sp³-hybridized carbons (Fsp3) is 0.536. The van der Waals surface area contributed by atoms with Crippen molar-refractivity contribution < 1.29 is 19.0 Å². The van der Waals surface area contributed by atoms with E-state index >= 15 is 0 Å². The molecule has 0 aromatic heterocycles. The van der Waals surface area contributed by atoms with E-state index in [1.807, 2.05) is 42.2 Å². The Hall–Kier alpha value is -2.77. The predicted molar refractivity (Wildman–Crippen MR) is 138 cm³/mol. The van der Waals surface area contributed by atoms with Crippen LogP contribution in [0.15, 0.2) is 42.5 Å². The van der Waals surface area contributed by atoms with E-state index in [4.69, 9.17) is 14.2 Å². The van der Waals surface area contributed by atoms with E-state index in [1.165, 1.54) is 5.56 Å². The highest BCUT2D eigenvalue weighted by Gasteiger charge is 2.39. The molecule has 7 nitrogen and oxygen atoms in total. The molecule has 7 heteroatoms. The average molecular weight is 482 g/mol. The predicted octanol–water partition coefficient (Wildman–Crippen LogP) is 5.12. The number of carbonyl (C=O) groups is 1. The molecule has 1 atom stereocenters. The second kappa shape index (κ2) is 11.3. The first kappa shape index (κ1) is 25.3. The summed E-state index contributed by atoms with van der Waals surface area (Å²) in [6.45, 7) is 13.5. The zero-order chi connectivity index (χ0) is 24.8. The number of urea groups is 1. The fourth-order valence-electron chi connectivity index (χ4n) is 4.82. The maximum atomic E-state index is 13.8. The van der Waals surface area contributed by atoms with Gasteiger partial charge in [-0.05, 0) is 63.1 Å². The molecule has 2 amide bonds. The highest BCUT2D eigenvalue weighted by Crippen LogP contribution is 2.44. The molecular weight excluding hydrogens is 442 g/mol. The Morgan fingerprint density at radius 1 is 1.14 bits per heavy atom. The van der Waals surface area contributed by atoms with Gasteiger partial charge in [-0.25, -0.2) is 4.79 Å². The SMILES string of the molecule is CCOc1ccc2c(c1)[C@@H](N(CCN1CCOCC1)C(=O)Nc1ccc(CC)cc1)CC(C)(C)O2. The van der Waals surface area contributed by atoms with Gasteiger partial charge in [0.15, 0.2) is 0 Å². The van der Waals surface area contributed by atoms with Crippen LogP contribution in [-0.4, -0.2) is 67.4 Å². The van der Waals surface area contributed by atoms with Crippen molar-refractivity contribution in [3.05, 3.63) is 53.6 Å². The summed E-state index contributed by atoms with van der Waals surface area (Å²) in [7, 11) is 0. The van der Waals surface area contributed by atoms with Gasteiger partial charge < -0.3 is 24.4 Å². The highest BCUT2D eigenvalue weighted by molar-refractivity contribution is 5.89. The van der Waals surface area contributed by atoms with Crippen LogP contribution < -0.4 is 14.8 Å². The number of morpholine rings is 1. The third-order valence-corrected chi connectivity index (χ3v) is 6.73. The number of nitrogens with zero attached hydrogens (tertiary/aromatic N) is 2. The lowest BCUT2D eigenvalue weighted by Crippen LogP contribution is -2.48. The molecule has 2 aromatic rings. The Kier molecular flexibility index (Phi) is 8.19. The van der Waals surface area contributed by atoms with Gasteiger partial charge in [0, 0.05) is 43.9 Å². The van der Waals surface area contributed by atoms with Crippen molar-refractivity contribution in [1.29, 1.82) is 0 Å². The van der Waals surface area contributed by atoms with Gasteiger partial charge in [-0.2, -0.15) is 0 Å². The first-order valence-corrected chi connectivity index (χ1v) is 12.8. The van der Waals surface area contributed by atoms with Crippen LogP contribution in [0, 0.1) is 0 Å². The normalized spacial score (nSPS) is 19.4. The zero-order valence-corrected chi connectivity index (χ0v) is 21.5. The van der Waals surface area contributed by atoms with Gasteiger partial charge >= 0.3 is 6.03 Å². The molecule has 1 fully saturated rings. The minimum Gasteiger partial charge on any atom is -0.494 e. The number of benzene rings is 2. The van der Waals surface area contributed by atoms with Crippen LogP contribution in [0.3, 0.4) is 0 Å². The second-order valence-corrected chi connectivity index (χ2v) is 9.84. The van der Waals surface area contributed by atoms with Gasteiger partial charge in [-0.1, -0.05) is 19.1 Å². The lowest BCUT2D eigenvalue weighted by atomic mass is 9.88. The molecule has 0 radical (unpaired) electrons. The number of ether oxygens (including phenoxy) is 3. The van der Waals surface area contributed by atoms with Gasteiger partial charge in [0.05, 0.1) is 25.9 Å². The summed E-state index contributed by atoms with van der Waals surface area (Å²) in [4.78, 5) is 18.1. The molecular formula is C28H39N3O4. The molecule has 0 bridgehead atoms. The summed E-state index contributed by atoms with van der Waals surface area (Å²) in [5, 5.41) is 3.15. The van der Waals surface area contributed by atoms with Crippen LogP contribution in [0.4, 0.5) is 10.5 Å². The molecule has 2 aromatic carbocycles. The lowest BCUT2D eigenvalue weighted by molar-refractivity contribution is 0.0226. The van der Waals surface area contributed by atoms with Gasteiger partial charge in [-0.3, -0.25) is 4.90 Å². The van der Waals surface area contributed by atoms with E-state index in [9.17, 15) is 4.79 Å². The Balaban J connectivity index is 1.63. The fourth-order valence-corrected chi connectivity index (χ4v) is 4.82. The van der Waals surface area contributed by atoms with E-state index in [2.05, 4.69) is 43.1 Å². The van der Waals surface area contributed by atoms with E-state index in [1.54, 1.807) is 0 Å². The Morgan fingerprint density at radius 3 is 2.57 bits per heavy atom. The Labute approximate surface area is 209 Å². The maximum absolute atomic E-state index is 13.8. The number of hydrogen-bond donors (Lipinski definition) is 1. The van der Waals surface area contributed by atoms with Crippen molar-refractivity contribution in [2.75, 3.05) is 51.3 Å². The van der Waals surface area contributed by atoms with Crippen LogP contribution in [0.1, 0.15) is 51.3 Å². The van der Waals surface area contributed by atoms with Crippen LogP contribution >= 0.6 is 0 Å². The molecule has 0 unspecified atom stereocenters. The van der Waals surface area contributed by atoms with Crippen LogP contribution in [-0.2, 0) is 11.2 Å². The molecule has 1 N–H and O–H groups in total. The van der Waals surface area contributed by atoms with E-state index < -0.39 is 5.60 Å². The summed E-state index contributed by atoms with van der Waals surface area (Å²) < 4.78 is 17.6. The standard InChI is InChI=1S/C28H39N3O4/c1-5-21-7-9-22(10-8-21)29-27(32)31(14-13-30-15-17-33-18-16-30)25-20-28(3,4)35-26-12-11-23(34-6-2)19-24(25)26/h7-12,19,25H,5-6,13-18,20H2,1-4H3,(H,29,32)/t25-/m0/s1. The molecule has 2 aliphatic rings. The monoisotopic (exact) mass is 481 g/mol. The van der Waals surface area contributed by atoms with Crippen LogP contribution in [0.2, 0.25) is 0 Å². The largest absolute Gasteiger partial charge is 0.494 e. The minimum atomic E-state index is -0.398. The summed E-state index contributed by atoms with van der Waals surface area (Å²) in [6.07, 6.45) is 1.66. The summed E-state index contributed by atoms with van der Waals surface area (Å²) >= 11 is 0. The van der Waals surface area contributed by atoms with Gasteiger partial charge in [0.25, 0.3) is 0 Å². The van der Waals surface area contributed by atoms with Crippen molar-refractivity contribution in [3.8, 4) is 11.5 Å². The number of nitrogens with one attached hydrogen (secondary N) is 1. The average Bonchev–Trinajstić information content (AvgIpc) is 2.85. The summed E-state index contributed by atoms with van der Waals surface area (Å²) in [5.74, 6) is 1.61. The third kappa shape index (κ3) is 6.47. The number of rotatable bonds is 8. The second-order valence-electron chi connectivity index (χ2n) is 9.84. The van der Waals surface area contributed by atoms with Gasteiger partial charge in [0.1, 0.15) is 17.1 Å². The zero-order valence-electron chi connectivity index (χ0n) is 21.5. The number of fused-ring (bicyclic) bond motifs is 1. The van der Waals surface area contributed by atoms with Crippen molar-refractivity contribution >= 4 is 11.7 Å². The van der Waals surface area contributed by atoms with Gasteiger partial charge in [0.2, 0.25) is 0 Å². The van der Waals surface area contributed by atoms with E-state index in [0.29, 0.717) is 19.6 Å². The molecule has 2 aliphatic heterocycles. The van der Waals surface area contributed by atoms with Gasteiger partial charge in [-0.15, -0.1) is 0 Å². The third-order valence-electron chi connectivity index (χ3n) is 6.73. The van der Waals surface area contributed by atoms with E-state index in [0.717, 1.165) is 62.0 Å². The quantitative estimate of drug-likeness (QED) is 0.567. The molecule has 0 spiro atoms. The number of carbonyl (C=O) groups excluding carboxylic acids is 1. The summed E-state index contributed by atoms with van der Waals surface area (Å²) in [5.41, 5.74) is 2.65. The topological polar surface area (TPSA) is 63.3 Å². The van der Waals surface area contributed by atoms with E-state index in [-0.39, 0.29) is 12.1 Å². The molecule has 4 rings (SSSR count). The first-order valence-electron chi connectivity index (χ1n) is 12.8. The van der Waals surface area contributed by atoms with Crippen molar-refractivity contribution in [1.82, 2.24) is 9.80 Å².